The van der Waals surface area contributed by atoms with Gasteiger partial charge in [-0.3, -0.25) is 5.10 Å². The molecular formula is C23H20ClF4N5O. The Labute approximate surface area is 197 Å². The smallest absolute Gasteiger partial charge is 0.416 e. The Balaban J connectivity index is 1.88. The Morgan fingerprint density at radius 2 is 1.91 bits per heavy atom. The minimum Gasteiger partial charge on any atom is -0.493 e. The first-order valence-corrected chi connectivity index (χ1v) is 10.9. The van der Waals surface area contributed by atoms with E-state index in [0.29, 0.717) is 23.4 Å². The molecule has 0 unspecified atom stereocenters. The third kappa shape index (κ3) is 4.50. The molecule has 1 N–H and O–H groups in total. The van der Waals surface area contributed by atoms with Gasteiger partial charge in [-0.1, -0.05) is 24.6 Å². The standard InChI is InChI=1S/C23H20ClF4N5O/c1-3-10-34-18-7-5-6-15(25)19(18)21-20-16(12-29-32-20)30-22(31-21)33(4-2)17-9-8-13(11-14(17)24)23(26,27)28/h5-9,11-12H,3-4,10H2,1-2H3,(H,29,32). The fourth-order valence-corrected chi connectivity index (χ4v) is 3.80. The molecule has 6 nitrogen and oxygen atoms in total. The monoisotopic (exact) mass is 493 g/mol. The lowest BCUT2D eigenvalue weighted by molar-refractivity contribution is -0.137. The van der Waals surface area contributed by atoms with Crippen molar-refractivity contribution in [3.05, 3.63) is 59.0 Å². The van der Waals surface area contributed by atoms with Gasteiger partial charge in [0.15, 0.2) is 0 Å². The van der Waals surface area contributed by atoms with Crippen molar-refractivity contribution >= 4 is 34.3 Å². The topological polar surface area (TPSA) is 66.9 Å². The highest BCUT2D eigenvalue weighted by molar-refractivity contribution is 6.33. The molecule has 11 heteroatoms. The molecule has 0 saturated heterocycles. The second kappa shape index (κ2) is 9.46. The van der Waals surface area contributed by atoms with Crippen molar-refractivity contribution in [2.75, 3.05) is 18.1 Å². The number of hydrogen-bond donors (Lipinski definition) is 1. The van der Waals surface area contributed by atoms with E-state index in [2.05, 4.69) is 20.2 Å². The zero-order valence-corrected chi connectivity index (χ0v) is 19.0. The van der Waals surface area contributed by atoms with Crippen LogP contribution in [0.4, 0.5) is 29.2 Å². The highest BCUT2D eigenvalue weighted by Crippen LogP contribution is 2.39. The summed E-state index contributed by atoms with van der Waals surface area (Å²) in [5.41, 5.74) is 0.540. The van der Waals surface area contributed by atoms with Crippen LogP contribution in [0.25, 0.3) is 22.3 Å². The zero-order valence-electron chi connectivity index (χ0n) is 18.2. The van der Waals surface area contributed by atoms with Gasteiger partial charge in [-0.2, -0.15) is 18.3 Å². The number of fused-ring (bicyclic) bond motifs is 1. The van der Waals surface area contributed by atoms with Gasteiger partial charge < -0.3 is 9.64 Å². The maximum absolute atomic E-state index is 15.0. The summed E-state index contributed by atoms with van der Waals surface area (Å²) in [7, 11) is 0. The number of aromatic amines is 1. The van der Waals surface area contributed by atoms with Crippen molar-refractivity contribution in [3.8, 4) is 17.0 Å². The fraction of sp³-hybridized carbons (Fsp3) is 0.261. The molecule has 4 rings (SSSR count). The molecule has 0 atom stereocenters. The summed E-state index contributed by atoms with van der Waals surface area (Å²) in [4.78, 5) is 10.6. The molecule has 0 saturated carbocycles. The lowest BCUT2D eigenvalue weighted by atomic mass is 10.1. The molecule has 0 aliphatic heterocycles. The molecule has 0 spiro atoms. The van der Waals surface area contributed by atoms with E-state index in [4.69, 9.17) is 16.3 Å². The summed E-state index contributed by atoms with van der Waals surface area (Å²) < 4.78 is 60.1. The average molecular weight is 494 g/mol. The number of halogens is 5. The number of hydrogen-bond acceptors (Lipinski definition) is 5. The number of anilines is 2. The molecule has 2 aromatic carbocycles. The zero-order chi connectivity index (χ0) is 24.5. The van der Waals surface area contributed by atoms with Crippen molar-refractivity contribution in [1.82, 2.24) is 20.2 Å². The summed E-state index contributed by atoms with van der Waals surface area (Å²) in [6.45, 7) is 4.37. The number of rotatable bonds is 7. The first kappa shape index (κ1) is 23.7. The molecule has 2 heterocycles. The van der Waals surface area contributed by atoms with E-state index in [9.17, 15) is 13.2 Å². The minimum atomic E-state index is -4.53. The molecule has 178 valence electrons. The molecule has 4 aromatic rings. The van der Waals surface area contributed by atoms with Gasteiger partial charge in [0.25, 0.3) is 0 Å². The SMILES string of the molecule is CCCOc1cccc(F)c1-c1nc(N(CC)c2ccc(C(F)(F)F)cc2Cl)nc2cn[nH]c12. The van der Waals surface area contributed by atoms with Gasteiger partial charge in [-0.15, -0.1) is 0 Å². The molecule has 0 radical (unpaired) electrons. The van der Waals surface area contributed by atoms with Crippen LogP contribution in [0.15, 0.2) is 42.6 Å². The van der Waals surface area contributed by atoms with Crippen LogP contribution in [0.3, 0.4) is 0 Å². The summed E-state index contributed by atoms with van der Waals surface area (Å²) in [5.74, 6) is -0.125. The highest BCUT2D eigenvalue weighted by atomic mass is 35.5. The lowest BCUT2D eigenvalue weighted by Crippen LogP contribution is -2.20. The molecule has 2 aromatic heterocycles. The lowest BCUT2D eigenvalue weighted by Gasteiger charge is -2.23. The minimum absolute atomic E-state index is 0.119. The summed E-state index contributed by atoms with van der Waals surface area (Å²) in [6, 6.07) is 7.52. The highest BCUT2D eigenvalue weighted by Gasteiger charge is 2.31. The second-order valence-corrected chi connectivity index (χ2v) is 7.78. The predicted octanol–water partition coefficient (Wildman–Crippen LogP) is 6.78. The number of nitrogens with zero attached hydrogens (tertiary/aromatic N) is 4. The number of ether oxygens (including phenoxy) is 1. The van der Waals surface area contributed by atoms with Gasteiger partial charge in [-0.25, -0.2) is 14.4 Å². The Kier molecular flexibility index (Phi) is 6.60. The molecule has 0 aliphatic rings. The summed E-state index contributed by atoms with van der Waals surface area (Å²) >= 11 is 6.22. The third-order valence-electron chi connectivity index (χ3n) is 5.09. The van der Waals surface area contributed by atoms with E-state index in [1.807, 2.05) is 6.92 Å². The van der Waals surface area contributed by atoms with E-state index < -0.39 is 17.6 Å². The molecule has 0 fully saturated rings. The van der Waals surface area contributed by atoms with Crippen molar-refractivity contribution in [1.29, 1.82) is 0 Å². The van der Waals surface area contributed by atoms with Crippen LogP contribution in [0.5, 0.6) is 5.75 Å². The van der Waals surface area contributed by atoms with Crippen LogP contribution < -0.4 is 9.64 Å². The van der Waals surface area contributed by atoms with Gasteiger partial charge in [0.1, 0.15) is 28.3 Å². The quantitative estimate of drug-likeness (QED) is 0.287. The molecule has 0 bridgehead atoms. The first-order chi connectivity index (χ1) is 16.2. The van der Waals surface area contributed by atoms with Crippen molar-refractivity contribution < 1.29 is 22.3 Å². The van der Waals surface area contributed by atoms with Crippen LogP contribution in [-0.4, -0.2) is 33.3 Å². The summed E-state index contributed by atoms with van der Waals surface area (Å²) in [6.07, 6.45) is -2.35. The van der Waals surface area contributed by atoms with Crippen LogP contribution in [0.1, 0.15) is 25.8 Å². The number of aromatic nitrogens is 4. The number of benzene rings is 2. The van der Waals surface area contributed by atoms with Crippen LogP contribution in [0, 0.1) is 5.82 Å². The Hall–Kier alpha value is -3.40. The van der Waals surface area contributed by atoms with Gasteiger partial charge in [0.05, 0.1) is 34.6 Å². The number of nitrogens with one attached hydrogen (secondary N) is 1. The van der Waals surface area contributed by atoms with Crippen molar-refractivity contribution in [3.63, 3.8) is 0 Å². The van der Waals surface area contributed by atoms with E-state index in [0.717, 1.165) is 18.6 Å². The largest absolute Gasteiger partial charge is 0.493 e. The Bertz CT molecular complexity index is 1320. The van der Waals surface area contributed by atoms with E-state index in [-0.39, 0.29) is 34.5 Å². The Morgan fingerprint density at radius 1 is 1.12 bits per heavy atom. The average Bonchev–Trinajstić information content (AvgIpc) is 3.27. The second-order valence-electron chi connectivity index (χ2n) is 7.37. The van der Waals surface area contributed by atoms with Gasteiger partial charge >= 0.3 is 6.18 Å². The van der Waals surface area contributed by atoms with Gasteiger partial charge in [0.2, 0.25) is 5.95 Å². The number of H-pyrrole nitrogens is 1. The predicted molar refractivity (Wildman–Crippen MR) is 122 cm³/mol. The van der Waals surface area contributed by atoms with E-state index >= 15 is 4.39 Å². The van der Waals surface area contributed by atoms with Crippen molar-refractivity contribution in [2.24, 2.45) is 0 Å². The van der Waals surface area contributed by atoms with Crippen LogP contribution in [-0.2, 0) is 6.18 Å². The summed E-state index contributed by atoms with van der Waals surface area (Å²) in [5, 5.41) is 6.68. The van der Waals surface area contributed by atoms with E-state index in [1.54, 1.807) is 17.9 Å². The number of alkyl halides is 3. The van der Waals surface area contributed by atoms with E-state index in [1.165, 1.54) is 24.4 Å². The molecule has 0 aliphatic carbocycles. The van der Waals surface area contributed by atoms with Gasteiger partial charge in [-0.05, 0) is 43.7 Å². The molecular weight excluding hydrogens is 474 g/mol. The maximum Gasteiger partial charge on any atom is 0.416 e. The van der Waals surface area contributed by atoms with Crippen LogP contribution in [0.2, 0.25) is 5.02 Å². The fourth-order valence-electron chi connectivity index (χ4n) is 3.52. The first-order valence-electron chi connectivity index (χ1n) is 10.5. The molecule has 34 heavy (non-hydrogen) atoms. The molecule has 0 amide bonds. The third-order valence-corrected chi connectivity index (χ3v) is 5.39. The normalized spacial score (nSPS) is 11.7. The van der Waals surface area contributed by atoms with Gasteiger partial charge in [0, 0.05) is 6.54 Å². The Morgan fingerprint density at radius 3 is 2.59 bits per heavy atom. The maximum atomic E-state index is 15.0. The van der Waals surface area contributed by atoms with Crippen molar-refractivity contribution in [2.45, 2.75) is 26.4 Å². The van der Waals surface area contributed by atoms with Crippen LogP contribution >= 0.6 is 11.6 Å².